The molecule has 0 atom stereocenters. The van der Waals surface area contributed by atoms with Gasteiger partial charge in [-0.15, -0.1) is 0 Å². The van der Waals surface area contributed by atoms with Crippen LogP contribution in [0.15, 0.2) is 36.4 Å². The van der Waals surface area contributed by atoms with Crippen molar-refractivity contribution >= 4 is 17.9 Å². The molecular weight excluding hydrogens is 364 g/mol. The minimum absolute atomic E-state index is 0.0510. The average Bonchev–Trinajstić information content (AvgIpc) is 3.11. The molecule has 1 fully saturated rings. The van der Waals surface area contributed by atoms with Crippen LogP contribution in [0.2, 0.25) is 0 Å². The van der Waals surface area contributed by atoms with Crippen LogP contribution in [-0.4, -0.2) is 58.1 Å². The van der Waals surface area contributed by atoms with E-state index in [1.807, 2.05) is 53.0 Å². The lowest BCUT2D eigenvalue weighted by atomic mass is 9.93. The number of hydrogen-bond acceptors (Lipinski definition) is 3. The van der Waals surface area contributed by atoms with E-state index >= 15 is 0 Å². The van der Waals surface area contributed by atoms with Crippen molar-refractivity contribution in [3.05, 3.63) is 58.9 Å². The molecule has 0 unspecified atom stereocenters. The molecule has 4 rings (SSSR count). The zero-order valence-electron chi connectivity index (χ0n) is 17.2. The van der Waals surface area contributed by atoms with Gasteiger partial charge in [0, 0.05) is 45.2 Å². The summed E-state index contributed by atoms with van der Waals surface area (Å²) in [6, 6.07) is 10.1. The minimum atomic E-state index is 0.0510. The van der Waals surface area contributed by atoms with E-state index < -0.39 is 0 Å². The number of aryl methyl sites for hydroxylation is 2. The Hall–Kier alpha value is -2.89. The van der Waals surface area contributed by atoms with E-state index in [2.05, 4.69) is 6.92 Å². The summed E-state index contributed by atoms with van der Waals surface area (Å²) in [4.78, 5) is 28.7. The Morgan fingerprint density at radius 1 is 1.10 bits per heavy atom. The van der Waals surface area contributed by atoms with Crippen molar-refractivity contribution in [1.29, 1.82) is 0 Å². The quantitative estimate of drug-likeness (QED) is 0.755. The van der Waals surface area contributed by atoms with E-state index in [-0.39, 0.29) is 11.8 Å². The van der Waals surface area contributed by atoms with E-state index in [1.54, 1.807) is 11.0 Å². The monoisotopic (exact) mass is 392 g/mol. The highest BCUT2D eigenvalue weighted by molar-refractivity contribution is 5.93. The van der Waals surface area contributed by atoms with E-state index in [4.69, 9.17) is 5.10 Å². The Kier molecular flexibility index (Phi) is 5.51. The standard InChI is InChI=1S/C23H28N4O2/c1-17-4-6-18(7-5-17)8-9-22(28)26-14-10-19(11-15-26)20-16-21-23(29)25(2)12-3-13-27(21)24-20/h4-9,16,19H,3,10-15H2,1-2H3/b9-8+. The smallest absolute Gasteiger partial charge is 0.271 e. The minimum Gasteiger partial charge on any atom is -0.340 e. The van der Waals surface area contributed by atoms with Crippen LogP contribution in [0.5, 0.6) is 0 Å². The van der Waals surface area contributed by atoms with Crippen LogP contribution in [0, 0.1) is 6.92 Å². The maximum Gasteiger partial charge on any atom is 0.271 e. The SMILES string of the molecule is Cc1ccc(/C=C/C(=O)N2CCC(c3cc4n(n3)CCCN(C)C4=O)CC2)cc1. The molecule has 0 spiro atoms. The van der Waals surface area contributed by atoms with Crippen LogP contribution in [-0.2, 0) is 11.3 Å². The number of fused-ring (bicyclic) bond motifs is 1. The molecular formula is C23H28N4O2. The van der Waals surface area contributed by atoms with Crippen molar-refractivity contribution in [2.45, 2.75) is 38.6 Å². The molecule has 3 heterocycles. The first-order valence-electron chi connectivity index (χ1n) is 10.4. The highest BCUT2D eigenvalue weighted by Crippen LogP contribution is 2.28. The molecule has 2 amide bonds. The number of nitrogens with zero attached hydrogens (tertiary/aromatic N) is 4. The van der Waals surface area contributed by atoms with Gasteiger partial charge < -0.3 is 9.80 Å². The van der Waals surface area contributed by atoms with Crippen molar-refractivity contribution in [3.63, 3.8) is 0 Å². The van der Waals surface area contributed by atoms with Crippen LogP contribution in [0.1, 0.15) is 52.5 Å². The van der Waals surface area contributed by atoms with Crippen LogP contribution in [0.25, 0.3) is 6.08 Å². The van der Waals surface area contributed by atoms with Gasteiger partial charge in [-0.05, 0) is 43.9 Å². The van der Waals surface area contributed by atoms with Crippen molar-refractivity contribution in [1.82, 2.24) is 19.6 Å². The van der Waals surface area contributed by atoms with Crippen molar-refractivity contribution in [3.8, 4) is 0 Å². The summed E-state index contributed by atoms with van der Waals surface area (Å²) in [6.45, 7) is 5.05. The molecule has 1 aromatic carbocycles. The number of carbonyl (C=O) groups excluding carboxylic acids is 2. The Morgan fingerprint density at radius 3 is 2.55 bits per heavy atom. The first-order valence-corrected chi connectivity index (χ1v) is 10.4. The molecule has 152 valence electrons. The number of amides is 2. The largest absolute Gasteiger partial charge is 0.340 e. The van der Waals surface area contributed by atoms with Crippen LogP contribution >= 0.6 is 0 Å². The Morgan fingerprint density at radius 2 is 1.83 bits per heavy atom. The molecule has 1 aromatic heterocycles. The predicted octanol–water partition coefficient (Wildman–Crippen LogP) is 3.09. The van der Waals surface area contributed by atoms with Gasteiger partial charge in [0.1, 0.15) is 5.69 Å². The molecule has 0 bridgehead atoms. The molecule has 0 N–H and O–H groups in total. The van der Waals surface area contributed by atoms with Gasteiger partial charge in [-0.2, -0.15) is 5.10 Å². The third kappa shape index (κ3) is 4.26. The van der Waals surface area contributed by atoms with Crippen LogP contribution in [0.3, 0.4) is 0 Å². The fourth-order valence-electron chi connectivity index (χ4n) is 4.08. The predicted molar refractivity (Wildman–Crippen MR) is 113 cm³/mol. The Bertz CT molecular complexity index is 921. The van der Waals surface area contributed by atoms with Gasteiger partial charge in [-0.1, -0.05) is 29.8 Å². The summed E-state index contributed by atoms with van der Waals surface area (Å²) in [5, 5.41) is 4.72. The summed E-state index contributed by atoms with van der Waals surface area (Å²) in [5.41, 5.74) is 3.93. The normalized spacial score (nSPS) is 18.2. The fraction of sp³-hybridized carbons (Fsp3) is 0.435. The zero-order valence-corrected chi connectivity index (χ0v) is 17.2. The van der Waals surface area contributed by atoms with Gasteiger partial charge >= 0.3 is 0 Å². The average molecular weight is 393 g/mol. The van der Waals surface area contributed by atoms with Crippen molar-refractivity contribution < 1.29 is 9.59 Å². The number of benzene rings is 1. The molecule has 6 nitrogen and oxygen atoms in total. The van der Waals surface area contributed by atoms with Gasteiger partial charge in [-0.3, -0.25) is 14.3 Å². The summed E-state index contributed by atoms with van der Waals surface area (Å²) < 4.78 is 1.86. The Labute approximate surface area is 171 Å². The first-order chi connectivity index (χ1) is 14.0. The molecule has 0 saturated carbocycles. The number of likely N-dealkylation sites (tertiary alicyclic amines) is 1. The van der Waals surface area contributed by atoms with E-state index in [9.17, 15) is 9.59 Å². The lowest BCUT2D eigenvalue weighted by molar-refractivity contribution is -0.127. The van der Waals surface area contributed by atoms with E-state index in [0.29, 0.717) is 11.6 Å². The highest BCUT2D eigenvalue weighted by Gasteiger charge is 2.28. The molecule has 1 saturated heterocycles. The Balaban J connectivity index is 1.36. The first kappa shape index (κ1) is 19.4. The maximum absolute atomic E-state index is 12.5. The second-order valence-corrected chi connectivity index (χ2v) is 8.10. The third-order valence-corrected chi connectivity index (χ3v) is 5.95. The number of carbonyl (C=O) groups is 2. The van der Waals surface area contributed by atoms with Gasteiger partial charge in [0.05, 0.1) is 5.69 Å². The summed E-state index contributed by atoms with van der Waals surface area (Å²) >= 11 is 0. The third-order valence-electron chi connectivity index (χ3n) is 5.95. The van der Waals surface area contributed by atoms with Crippen molar-refractivity contribution in [2.24, 2.45) is 0 Å². The molecule has 2 aliphatic rings. The highest BCUT2D eigenvalue weighted by atomic mass is 16.2. The van der Waals surface area contributed by atoms with Crippen LogP contribution < -0.4 is 0 Å². The maximum atomic E-state index is 12.5. The molecule has 29 heavy (non-hydrogen) atoms. The lowest BCUT2D eigenvalue weighted by Gasteiger charge is -2.30. The van der Waals surface area contributed by atoms with Gasteiger partial charge in [0.2, 0.25) is 5.91 Å². The van der Waals surface area contributed by atoms with E-state index in [0.717, 1.165) is 56.7 Å². The van der Waals surface area contributed by atoms with Crippen molar-refractivity contribution in [2.75, 3.05) is 26.7 Å². The number of aromatic nitrogens is 2. The van der Waals surface area contributed by atoms with Gasteiger partial charge in [0.25, 0.3) is 5.91 Å². The summed E-state index contributed by atoms with van der Waals surface area (Å²) in [7, 11) is 1.85. The van der Waals surface area contributed by atoms with Crippen LogP contribution in [0.4, 0.5) is 0 Å². The second-order valence-electron chi connectivity index (χ2n) is 8.10. The lowest BCUT2D eigenvalue weighted by Crippen LogP contribution is -2.37. The number of rotatable bonds is 3. The fourth-order valence-corrected chi connectivity index (χ4v) is 4.08. The topological polar surface area (TPSA) is 58.4 Å². The number of hydrogen-bond donors (Lipinski definition) is 0. The molecule has 6 heteroatoms. The van der Waals surface area contributed by atoms with E-state index in [1.165, 1.54) is 5.56 Å². The molecule has 2 aromatic rings. The van der Waals surface area contributed by atoms with Gasteiger partial charge in [0.15, 0.2) is 0 Å². The molecule has 0 radical (unpaired) electrons. The molecule has 0 aliphatic carbocycles. The zero-order chi connectivity index (χ0) is 20.4. The van der Waals surface area contributed by atoms with Gasteiger partial charge in [-0.25, -0.2) is 0 Å². The number of piperidine rings is 1. The summed E-state index contributed by atoms with van der Waals surface area (Å²) in [6.07, 6.45) is 6.23. The second kappa shape index (κ2) is 8.23. The summed E-state index contributed by atoms with van der Waals surface area (Å²) in [5.74, 6) is 0.411. The molecule has 2 aliphatic heterocycles.